The molecule has 0 aliphatic carbocycles. The minimum Gasteiger partial charge on any atom is -0.313 e. The van der Waals surface area contributed by atoms with Crippen LogP contribution in [0.25, 0.3) is 0 Å². The standard InChI is InChI=1S/C13H13BrClNS/c1-16-12(8-11-5-6-13(15)17-11)9-3-2-4-10(14)7-9/h2-7,12,16H,8H2,1H3. The summed E-state index contributed by atoms with van der Waals surface area (Å²) in [6.45, 7) is 0. The molecule has 2 rings (SSSR count). The third-order valence-corrected chi connectivity index (χ3v) is 4.38. The van der Waals surface area contributed by atoms with E-state index in [0.29, 0.717) is 6.04 Å². The van der Waals surface area contributed by atoms with Gasteiger partial charge in [0.05, 0.1) is 4.34 Å². The minimum atomic E-state index is 0.321. The van der Waals surface area contributed by atoms with Crippen LogP contribution in [0.2, 0.25) is 4.34 Å². The summed E-state index contributed by atoms with van der Waals surface area (Å²) in [6, 6.07) is 12.8. The van der Waals surface area contributed by atoms with Gasteiger partial charge in [0.2, 0.25) is 0 Å². The molecule has 0 saturated heterocycles. The van der Waals surface area contributed by atoms with Crippen LogP contribution in [0.15, 0.2) is 40.9 Å². The van der Waals surface area contributed by atoms with Gasteiger partial charge in [-0.05, 0) is 36.9 Å². The second kappa shape index (κ2) is 6.01. The average molecular weight is 331 g/mol. The van der Waals surface area contributed by atoms with Gasteiger partial charge in [-0.25, -0.2) is 0 Å². The van der Waals surface area contributed by atoms with Gasteiger partial charge in [0.1, 0.15) is 0 Å². The molecule has 0 aliphatic rings. The van der Waals surface area contributed by atoms with Crippen LogP contribution in [0.1, 0.15) is 16.5 Å². The van der Waals surface area contributed by atoms with Crippen molar-refractivity contribution >= 4 is 38.9 Å². The number of nitrogens with one attached hydrogen (secondary N) is 1. The first kappa shape index (κ1) is 13.1. The van der Waals surface area contributed by atoms with E-state index in [1.165, 1.54) is 10.4 Å². The Morgan fingerprint density at radius 3 is 2.76 bits per heavy atom. The van der Waals surface area contributed by atoms with Gasteiger partial charge in [0, 0.05) is 21.8 Å². The van der Waals surface area contributed by atoms with Crippen molar-refractivity contribution < 1.29 is 0 Å². The second-order valence-electron chi connectivity index (χ2n) is 3.81. The van der Waals surface area contributed by atoms with Crippen LogP contribution in [0, 0.1) is 0 Å². The Hall–Kier alpha value is -0.350. The van der Waals surface area contributed by atoms with Crippen LogP contribution < -0.4 is 5.32 Å². The maximum atomic E-state index is 5.95. The number of rotatable bonds is 4. The molecule has 2 aromatic rings. The highest BCUT2D eigenvalue weighted by Gasteiger charge is 2.11. The van der Waals surface area contributed by atoms with Crippen molar-refractivity contribution in [3.8, 4) is 0 Å². The Balaban J connectivity index is 2.16. The molecule has 4 heteroatoms. The fraction of sp³-hybridized carbons (Fsp3) is 0.231. The van der Waals surface area contributed by atoms with Gasteiger partial charge in [-0.3, -0.25) is 0 Å². The molecule has 1 aromatic carbocycles. The van der Waals surface area contributed by atoms with E-state index in [2.05, 4.69) is 45.5 Å². The molecule has 0 aliphatic heterocycles. The van der Waals surface area contributed by atoms with Crippen molar-refractivity contribution in [2.24, 2.45) is 0 Å². The van der Waals surface area contributed by atoms with Crippen LogP contribution in [0.4, 0.5) is 0 Å². The first-order chi connectivity index (χ1) is 8.19. The Morgan fingerprint density at radius 2 is 2.18 bits per heavy atom. The maximum absolute atomic E-state index is 5.95. The molecule has 0 spiro atoms. The predicted molar refractivity (Wildman–Crippen MR) is 79.0 cm³/mol. The molecule has 1 N–H and O–H groups in total. The Morgan fingerprint density at radius 1 is 1.35 bits per heavy atom. The zero-order valence-electron chi connectivity index (χ0n) is 9.41. The summed E-state index contributed by atoms with van der Waals surface area (Å²) >= 11 is 11.1. The van der Waals surface area contributed by atoms with E-state index >= 15 is 0 Å². The van der Waals surface area contributed by atoms with Crippen LogP contribution in [0.3, 0.4) is 0 Å². The van der Waals surface area contributed by atoms with Crippen molar-refractivity contribution in [3.05, 3.63) is 55.6 Å². The lowest BCUT2D eigenvalue weighted by molar-refractivity contribution is 0.596. The van der Waals surface area contributed by atoms with Crippen molar-refractivity contribution in [2.45, 2.75) is 12.5 Å². The van der Waals surface area contributed by atoms with E-state index in [9.17, 15) is 0 Å². The van der Waals surface area contributed by atoms with E-state index in [1.54, 1.807) is 11.3 Å². The fourth-order valence-corrected chi connectivity index (χ4v) is 3.32. The van der Waals surface area contributed by atoms with E-state index < -0.39 is 0 Å². The normalized spacial score (nSPS) is 12.6. The zero-order chi connectivity index (χ0) is 12.3. The summed E-state index contributed by atoms with van der Waals surface area (Å²) in [5, 5.41) is 3.35. The molecule has 0 amide bonds. The number of halogens is 2. The van der Waals surface area contributed by atoms with Gasteiger partial charge in [-0.15, -0.1) is 11.3 Å². The summed E-state index contributed by atoms with van der Waals surface area (Å²) < 4.78 is 1.96. The van der Waals surface area contributed by atoms with Crippen molar-refractivity contribution in [1.29, 1.82) is 0 Å². The summed E-state index contributed by atoms with van der Waals surface area (Å²) in [7, 11) is 1.99. The Labute approximate surface area is 119 Å². The third kappa shape index (κ3) is 3.55. The average Bonchev–Trinajstić information content (AvgIpc) is 2.72. The molecule has 0 radical (unpaired) electrons. The van der Waals surface area contributed by atoms with E-state index in [4.69, 9.17) is 11.6 Å². The van der Waals surface area contributed by atoms with Crippen LogP contribution in [-0.2, 0) is 6.42 Å². The lowest BCUT2D eigenvalue weighted by atomic mass is 10.0. The molecular formula is C13H13BrClNS. The highest BCUT2D eigenvalue weighted by atomic mass is 79.9. The first-order valence-electron chi connectivity index (χ1n) is 5.36. The summed E-state index contributed by atoms with van der Waals surface area (Å²) in [4.78, 5) is 1.30. The van der Waals surface area contributed by atoms with Gasteiger partial charge in [-0.2, -0.15) is 0 Å². The Kier molecular flexibility index (Phi) is 4.62. The van der Waals surface area contributed by atoms with Crippen LogP contribution in [-0.4, -0.2) is 7.05 Å². The summed E-state index contributed by atoms with van der Waals surface area (Å²) in [5.41, 5.74) is 1.28. The highest BCUT2D eigenvalue weighted by Crippen LogP contribution is 2.27. The van der Waals surface area contributed by atoms with Crippen molar-refractivity contribution in [3.63, 3.8) is 0 Å². The molecular weight excluding hydrogens is 318 g/mol. The molecule has 1 heterocycles. The predicted octanol–water partition coefficient (Wildman–Crippen LogP) is 4.67. The maximum Gasteiger partial charge on any atom is 0.0931 e. The highest BCUT2D eigenvalue weighted by molar-refractivity contribution is 9.10. The molecule has 1 nitrogen and oxygen atoms in total. The zero-order valence-corrected chi connectivity index (χ0v) is 12.6. The van der Waals surface area contributed by atoms with Gasteiger partial charge in [0.15, 0.2) is 0 Å². The molecule has 0 fully saturated rings. The molecule has 1 aromatic heterocycles. The van der Waals surface area contributed by atoms with Crippen LogP contribution in [0.5, 0.6) is 0 Å². The second-order valence-corrected chi connectivity index (χ2v) is 6.52. The lowest BCUT2D eigenvalue weighted by Crippen LogP contribution is -2.18. The van der Waals surface area contributed by atoms with E-state index in [-0.39, 0.29) is 0 Å². The molecule has 0 bridgehead atoms. The SMILES string of the molecule is CNC(Cc1ccc(Cl)s1)c1cccc(Br)c1. The number of benzene rings is 1. The monoisotopic (exact) mass is 329 g/mol. The number of hydrogen-bond acceptors (Lipinski definition) is 2. The quantitative estimate of drug-likeness (QED) is 0.859. The Bertz CT molecular complexity index is 498. The van der Waals surface area contributed by atoms with Crippen LogP contribution >= 0.6 is 38.9 Å². The number of hydrogen-bond donors (Lipinski definition) is 1. The topological polar surface area (TPSA) is 12.0 Å². The van der Waals surface area contributed by atoms with E-state index in [0.717, 1.165) is 15.2 Å². The smallest absolute Gasteiger partial charge is 0.0931 e. The van der Waals surface area contributed by atoms with Gasteiger partial charge in [0.25, 0.3) is 0 Å². The molecule has 1 unspecified atom stereocenters. The number of thiophene rings is 1. The summed E-state index contributed by atoms with van der Waals surface area (Å²) in [6.07, 6.45) is 0.963. The van der Waals surface area contributed by atoms with Gasteiger partial charge >= 0.3 is 0 Å². The van der Waals surface area contributed by atoms with Crippen molar-refractivity contribution in [1.82, 2.24) is 5.32 Å². The summed E-state index contributed by atoms with van der Waals surface area (Å²) in [5.74, 6) is 0. The first-order valence-corrected chi connectivity index (χ1v) is 7.34. The third-order valence-electron chi connectivity index (χ3n) is 2.63. The molecule has 1 atom stereocenters. The lowest BCUT2D eigenvalue weighted by Gasteiger charge is -2.16. The largest absolute Gasteiger partial charge is 0.313 e. The fourth-order valence-electron chi connectivity index (χ4n) is 1.77. The number of likely N-dealkylation sites (N-methyl/N-ethyl adjacent to an activating group) is 1. The van der Waals surface area contributed by atoms with E-state index in [1.807, 2.05) is 19.2 Å². The molecule has 17 heavy (non-hydrogen) atoms. The van der Waals surface area contributed by atoms with Gasteiger partial charge < -0.3 is 5.32 Å². The van der Waals surface area contributed by atoms with Gasteiger partial charge in [-0.1, -0.05) is 39.7 Å². The molecule has 90 valence electrons. The van der Waals surface area contributed by atoms with Crippen molar-refractivity contribution in [2.75, 3.05) is 7.05 Å². The molecule has 0 saturated carbocycles. The minimum absolute atomic E-state index is 0.321.